The summed E-state index contributed by atoms with van der Waals surface area (Å²) in [5.74, 6) is 1.04. The van der Waals surface area contributed by atoms with E-state index in [4.69, 9.17) is 4.42 Å². The van der Waals surface area contributed by atoms with Crippen LogP contribution < -0.4 is 5.32 Å². The number of nitrogens with one attached hydrogen (secondary N) is 1. The Morgan fingerprint density at radius 1 is 0.923 bits per heavy atom. The minimum absolute atomic E-state index is 0.0424. The second-order valence-electron chi connectivity index (χ2n) is 6.71. The fraction of sp³-hybridized carbons (Fsp3) is 0.286. The Morgan fingerprint density at radius 2 is 1.69 bits per heavy atom. The monoisotopic (exact) mass is 349 g/mol. The molecule has 4 rings (SSSR count). The number of hydrogen-bond acceptors (Lipinski definition) is 4. The van der Waals surface area contributed by atoms with Crippen molar-refractivity contribution in [2.45, 2.75) is 6.54 Å². The van der Waals surface area contributed by atoms with Crippen molar-refractivity contribution in [3.63, 3.8) is 0 Å². The Morgan fingerprint density at radius 3 is 2.50 bits per heavy atom. The quantitative estimate of drug-likeness (QED) is 0.769. The fourth-order valence-corrected chi connectivity index (χ4v) is 3.46. The number of hydrogen-bond donors (Lipinski definition) is 1. The molecule has 1 saturated heterocycles. The molecule has 0 aliphatic carbocycles. The third-order valence-corrected chi connectivity index (χ3v) is 4.86. The highest BCUT2D eigenvalue weighted by atomic mass is 16.3. The maximum absolute atomic E-state index is 12.5. The highest BCUT2D eigenvalue weighted by Crippen LogP contribution is 2.22. The Kier molecular flexibility index (Phi) is 5.00. The molecule has 1 N–H and O–H groups in total. The standard InChI is InChI=1S/C21H23N3O2/c25-21(22-20-9-3-6-17-5-1-2-8-19(17)20)16-24-12-10-23(11-13-24)15-18-7-4-14-26-18/h1-9,14H,10-13,15-16H2,(H,22,25). The second-order valence-corrected chi connectivity index (χ2v) is 6.71. The molecule has 3 aromatic rings. The first-order valence-electron chi connectivity index (χ1n) is 9.03. The van der Waals surface area contributed by atoms with Gasteiger partial charge in [0.1, 0.15) is 5.76 Å². The summed E-state index contributed by atoms with van der Waals surface area (Å²) >= 11 is 0. The predicted octanol–water partition coefficient (Wildman–Crippen LogP) is 3.19. The van der Waals surface area contributed by atoms with Crippen molar-refractivity contribution in [2.24, 2.45) is 0 Å². The number of benzene rings is 2. The molecular formula is C21H23N3O2. The summed E-state index contributed by atoms with van der Waals surface area (Å²) in [7, 11) is 0. The van der Waals surface area contributed by atoms with Crippen LogP contribution in [0, 0.1) is 0 Å². The third kappa shape index (κ3) is 3.95. The third-order valence-electron chi connectivity index (χ3n) is 4.86. The molecule has 5 nitrogen and oxygen atoms in total. The zero-order chi connectivity index (χ0) is 17.8. The van der Waals surface area contributed by atoms with Gasteiger partial charge in [-0.25, -0.2) is 0 Å². The van der Waals surface area contributed by atoms with Gasteiger partial charge in [-0.15, -0.1) is 0 Å². The van der Waals surface area contributed by atoms with Crippen LogP contribution in [-0.2, 0) is 11.3 Å². The molecule has 1 fully saturated rings. The summed E-state index contributed by atoms with van der Waals surface area (Å²) in [5, 5.41) is 5.28. The Balaban J connectivity index is 1.30. The lowest BCUT2D eigenvalue weighted by atomic mass is 10.1. The van der Waals surface area contributed by atoms with Crippen LogP contribution in [-0.4, -0.2) is 48.4 Å². The molecule has 1 aliphatic heterocycles. The van der Waals surface area contributed by atoms with Gasteiger partial charge in [-0.3, -0.25) is 14.6 Å². The summed E-state index contributed by atoms with van der Waals surface area (Å²) in [6, 6.07) is 18.0. The Hall–Kier alpha value is -2.63. The number of nitrogens with zero attached hydrogens (tertiary/aromatic N) is 2. The highest BCUT2D eigenvalue weighted by Gasteiger charge is 2.19. The molecular weight excluding hydrogens is 326 g/mol. The summed E-state index contributed by atoms with van der Waals surface area (Å²) in [6.07, 6.45) is 1.71. The van der Waals surface area contributed by atoms with E-state index < -0.39 is 0 Å². The number of amides is 1. The Bertz CT molecular complexity index is 863. The molecule has 0 radical (unpaired) electrons. The van der Waals surface area contributed by atoms with Gasteiger partial charge >= 0.3 is 0 Å². The maximum atomic E-state index is 12.5. The van der Waals surface area contributed by atoms with Gasteiger partial charge in [0.15, 0.2) is 0 Å². The summed E-state index contributed by atoms with van der Waals surface area (Å²) in [5.41, 5.74) is 0.879. The largest absolute Gasteiger partial charge is 0.468 e. The van der Waals surface area contributed by atoms with Gasteiger partial charge in [-0.2, -0.15) is 0 Å². The van der Waals surface area contributed by atoms with E-state index in [0.717, 1.165) is 54.9 Å². The van der Waals surface area contributed by atoms with Crippen LogP contribution in [0.2, 0.25) is 0 Å². The summed E-state index contributed by atoms with van der Waals surface area (Å²) in [6.45, 7) is 4.94. The summed E-state index contributed by atoms with van der Waals surface area (Å²) in [4.78, 5) is 17.0. The van der Waals surface area contributed by atoms with Gasteiger partial charge in [-0.1, -0.05) is 36.4 Å². The first kappa shape index (κ1) is 16.8. The molecule has 26 heavy (non-hydrogen) atoms. The molecule has 0 saturated carbocycles. The highest BCUT2D eigenvalue weighted by molar-refractivity contribution is 6.02. The molecule has 1 aliphatic rings. The molecule has 5 heteroatoms. The van der Waals surface area contributed by atoms with E-state index in [2.05, 4.69) is 27.2 Å². The van der Waals surface area contributed by atoms with E-state index in [9.17, 15) is 4.79 Å². The first-order chi connectivity index (χ1) is 12.8. The molecule has 2 aromatic carbocycles. The van der Waals surface area contributed by atoms with E-state index in [1.807, 2.05) is 42.5 Å². The molecule has 2 heterocycles. The van der Waals surface area contributed by atoms with Gasteiger partial charge in [0.05, 0.1) is 19.4 Å². The maximum Gasteiger partial charge on any atom is 0.238 e. The minimum atomic E-state index is 0.0424. The van der Waals surface area contributed by atoms with Gasteiger partial charge in [0, 0.05) is 37.3 Å². The van der Waals surface area contributed by atoms with Crippen LogP contribution in [0.1, 0.15) is 5.76 Å². The van der Waals surface area contributed by atoms with E-state index in [1.165, 1.54) is 0 Å². The molecule has 0 spiro atoms. The van der Waals surface area contributed by atoms with Crippen LogP contribution in [0.3, 0.4) is 0 Å². The lowest BCUT2D eigenvalue weighted by Crippen LogP contribution is -2.48. The second kappa shape index (κ2) is 7.72. The van der Waals surface area contributed by atoms with E-state index in [-0.39, 0.29) is 5.91 Å². The minimum Gasteiger partial charge on any atom is -0.468 e. The molecule has 0 bridgehead atoms. The number of carbonyl (C=O) groups is 1. The van der Waals surface area contributed by atoms with Crippen molar-refractivity contribution in [1.82, 2.24) is 9.80 Å². The molecule has 0 unspecified atom stereocenters. The van der Waals surface area contributed by atoms with Crippen LogP contribution >= 0.6 is 0 Å². The van der Waals surface area contributed by atoms with E-state index in [1.54, 1.807) is 6.26 Å². The van der Waals surface area contributed by atoms with Gasteiger partial charge in [0.25, 0.3) is 0 Å². The fourth-order valence-electron chi connectivity index (χ4n) is 3.46. The number of piperazine rings is 1. The van der Waals surface area contributed by atoms with Crippen molar-refractivity contribution >= 4 is 22.4 Å². The van der Waals surface area contributed by atoms with E-state index >= 15 is 0 Å². The lowest BCUT2D eigenvalue weighted by molar-refractivity contribution is -0.117. The number of fused-ring (bicyclic) bond motifs is 1. The van der Waals surface area contributed by atoms with Crippen molar-refractivity contribution in [1.29, 1.82) is 0 Å². The van der Waals surface area contributed by atoms with Crippen LogP contribution in [0.5, 0.6) is 0 Å². The lowest BCUT2D eigenvalue weighted by Gasteiger charge is -2.33. The number of rotatable bonds is 5. The van der Waals surface area contributed by atoms with Crippen molar-refractivity contribution in [3.8, 4) is 0 Å². The number of anilines is 1. The SMILES string of the molecule is O=C(CN1CCN(Cc2ccco2)CC1)Nc1cccc2ccccc12. The predicted molar refractivity (Wildman–Crippen MR) is 103 cm³/mol. The van der Waals surface area contributed by atoms with Gasteiger partial charge in [-0.05, 0) is 23.6 Å². The van der Waals surface area contributed by atoms with Crippen molar-refractivity contribution in [2.75, 3.05) is 38.0 Å². The average molecular weight is 349 g/mol. The average Bonchev–Trinajstić information content (AvgIpc) is 3.17. The van der Waals surface area contributed by atoms with Gasteiger partial charge in [0.2, 0.25) is 5.91 Å². The molecule has 0 atom stereocenters. The first-order valence-corrected chi connectivity index (χ1v) is 9.03. The molecule has 1 amide bonds. The van der Waals surface area contributed by atoms with Crippen LogP contribution in [0.15, 0.2) is 65.3 Å². The van der Waals surface area contributed by atoms with E-state index in [0.29, 0.717) is 6.54 Å². The molecule has 1 aromatic heterocycles. The summed E-state index contributed by atoms with van der Waals surface area (Å²) < 4.78 is 5.41. The van der Waals surface area contributed by atoms with Crippen molar-refractivity contribution in [3.05, 3.63) is 66.6 Å². The molecule has 134 valence electrons. The smallest absolute Gasteiger partial charge is 0.238 e. The number of carbonyl (C=O) groups excluding carboxylic acids is 1. The zero-order valence-corrected chi connectivity index (χ0v) is 14.7. The van der Waals surface area contributed by atoms with Crippen LogP contribution in [0.25, 0.3) is 10.8 Å². The topological polar surface area (TPSA) is 48.7 Å². The normalized spacial score (nSPS) is 16.0. The van der Waals surface area contributed by atoms with Crippen molar-refractivity contribution < 1.29 is 9.21 Å². The van der Waals surface area contributed by atoms with Gasteiger partial charge < -0.3 is 9.73 Å². The Labute approximate surface area is 153 Å². The van der Waals surface area contributed by atoms with Crippen LogP contribution in [0.4, 0.5) is 5.69 Å². The number of furan rings is 1. The zero-order valence-electron chi connectivity index (χ0n) is 14.7.